The van der Waals surface area contributed by atoms with Gasteiger partial charge in [0.25, 0.3) is 0 Å². The summed E-state index contributed by atoms with van der Waals surface area (Å²) >= 11 is 0. The molecule has 0 aliphatic heterocycles. The Morgan fingerprint density at radius 3 is 2.10 bits per heavy atom. The SMILES string of the molecule is C#Cc1cn(C)nc1-c1ccccc1.c1cc2cc-2c1. The van der Waals surface area contributed by atoms with Crippen molar-refractivity contribution >= 4 is 0 Å². The highest BCUT2D eigenvalue weighted by molar-refractivity contribution is 5.80. The Balaban J connectivity index is 0.000000165. The number of hydrogen-bond acceptors (Lipinski definition) is 1. The number of benzene rings is 2. The lowest BCUT2D eigenvalue weighted by Gasteiger charge is -1.95. The lowest BCUT2D eigenvalue weighted by atomic mass is 10.1. The summed E-state index contributed by atoms with van der Waals surface area (Å²) in [6.45, 7) is 0. The van der Waals surface area contributed by atoms with Crippen LogP contribution >= 0.6 is 0 Å². The summed E-state index contributed by atoms with van der Waals surface area (Å²) in [5.41, 5.74) is 5.61. The fraction of sp³-hybridized carbons (Fsp3) is 0.0556. The van der Waals surface area contributed by atoms with E-state index in [1.807, 2.05) is 43.6 Å². The minimum atomic E-state index is 0.832. The second kappa shape index (κ2) is 5.07. The lowest BCUT2D eigenvalue weighted by Crippen LogP contribution is -1.87. The number of aryl methyl sites for hydroxylation is 1. The highest BCUT2D eigenvalue weighted by atomic mass is 15.2. The van der Waals surface area contributed by atoms with Gasteiger partial charge in [-0.2, -0.15) is 5.10 Å². The monoisotopic (exact) mass is 258 g/mol. The van der Waals surface area contributed by atoms with Crippen molar-refractivity contribution in [3.05, 3.63) is 66.4 Å². The van der Waals surface area contributed by atoms with Crippen molar-refractivity contribution in [3.63, 3.8) is 0 Å². The van der Waals surface area contributed by atoms with Crippen molar-refractivity contribution in [2.75, 3.05) is 0 Å². The average Bonchev–Trinajstić information content (AvgIpc) is 2.92. The van der Waals surface area contributed by atoms with E-state index < -0.39 is 0 Å². The molecule has 96 valence electrons. The number of rotatable bonds is 1. The Bertz CT molecular complexity index is 759. The second-order valence-electron chi connectivity index (χ2n) is 4.66. The number of nitrogens with zero attached hydrogens (tertiary/aromatic N) is 2. The van der Waals surface area contributed by atoms with Gasteiger partial charge in [0, 0.05) is 18.8 Å². The zero-order chi connectivity index (χ0) is 13.9. The molecule has 4 rings (SSSR count). The first-order chi connectivity index (χ1) is 9.78. The van der Waals surface area contributed by atoms with Gasteiger partial charge in [0.05, 0.1) is 5.56 Å². The third-order valence-corrected chi connectivity index (χ3v) is 3.14. The van der Waals surface area contributed by atoms with Gasteiger partial charge in [-0.1, -0.05) is 54.5 Å². The molecule has 2 nitrogen and oxygen atoms in total. The normalized spacial score (nSPS) is 10.2. The number of fused-ring (bicyclic) bond motifs is 1. The fourth-order valence-electron chi connectivity index (χ4n) is 2.08. The largest absolute Gasteiger partial charge is 0.274 e. The van der Waals surface area contributed by atoms with Crippen LogP contribution in [0.25, 0.3) is 22.4 Å². The molecule has 0 bridgehead atoms. The summed E-state index contributed by atoms with van der Waals surface area (Å²) < 4.78 is 1.73. The average molecular weight is 258 g/mol. The van der Waals surface area contributed by atoms with Crippen LogP contribution in [0.3, 0.4) is 0 Å². The van der Waals surface area contributed by atoms with E-state index in [9.17, 15) is 0 Å². The summed E-state index contributed by atoms with van der Waals surface area (Å²) in [4.78, 5) is 0. The zero-order valence-electron chi connectivity index (χ0n) is 11.2. The molecule has 20 heavy (non-hydrogen) atoms. The van der Waals surface area contributed by atoms with Gasteiger partial charge in [0.15, 0.2) is 0 Å². The maximum atomic E-state index is 5.40. The lowest BCUT2D eigenvalue weighted by molar-refractivity contribution is 0.771. The van der Waals surface area contributed by atoms with Crippen LogP contribution in [0.4, 0.5) is 0 Å². The highest BCUT2D eigenvalue weighted by Gasteiger charge is 2.07. The molecule has 0 amide bonds. The maximum Gasteiger partial charge on any atom is 0.108 e. The van der Waals surface area contributed by atoms with Crippen LogP contribution in [0.2, 0.25) is 0 Å². The van der Waals surface area contributed by atoms with Crippen molar-refractivity contribution in [3.8, 4) is 34.7 Å². The van der Waals surface area contributed by atoms with E-state index in [4.69, 9.17) is 6.42 Å². The number of hydrogen-bond donors (Lipinski definition) is 0. The van der Waals surface area contributed by atoms with Crippen LogP contribution in [-0.4, -0.2) is 9.78 Å². The molecule has 2 aliphatic rings. The molecule has 0 spiro atoms. The van der Waals surface area contributed by atoms with Crippen LogP contribution in [0.5, 0.6) is 0 Å². The molecule has 0 N–H and O–H groups in total. The first kappa shape index (κ1) is 12.3. The van der Waals surface area contributed by atoms with Gasteiger partial charge in [-0.05, 0) is 17.2 Å². The van der Waals surface area contributed by atoms with E-state index >= 15 is 0 Å². The molecular formula is C18H14N2. The quantitative estimate of drug-likeness (QED) is 0.476. The van der Waals surface area contributed by atoms with E-state index in [-0.39, 0.29) is 0 Å². The smallest absolute Gasteiger partial charge is 0.108 e. The van der Waals surface area contributed by atoms with Crippen LogP contribution in [0.15, 0.2) is 60.8 Å². The number of terminal acetylenes is 1. The minimum Gasteiger partial charge on any atom is -0.274 e. The standard InChI is InChI=1S/C12H10N2.C6H4/c1-3-10-9-14(2)13-12(10)11-7-5-4-6-8-11;1-2-5-4-6(5)3-1/h1,4-9H,2H3;1-4H. The fourth-order valence-corrected chi connectivity index (χ4v) is 2.08. The first-order valence-corrected chi connectivity index (χ1v) is 6.44. The third-order valence-electron chi connectivity index (χ3n) is 3.14. The molecule has 2 heteroatoms. The maximum absolute atomic E-state index is 5.40. The van der Waals surface area contributed by atoms with Gasteiger partial charge in [0.1, 0.15) is 5.69 Å². The molecule has 2 aliphatic carbocycles. The van der Waals surface area contributed by atoms with E-state index in [0.29, 0.717) is 0 Å². The topological polar surface area (TPSA) is 17.8 Å². The Morgan fingerprint density at radius 2 is 1.60 bits per heavy atom. The van der Waals surface area contributed by atoms with Crippen molar-refractivity contribution in [2.24, 2.45) is 7.05 Å². The predicted molar refractivity (Wildman–Crippen MR) is 82.0 cm³/mol. The third kappa shape index (κ3) is 2.48. The van der Waals surface area contributed by atoms with E-state index in [1.165, 1.54) is 11.1 Å². The molecule has 1 heterocycles. The molecule has 1 aromatic heterocycles. The number of aromatic nitrogens is 2. The summed E-state index contributed by atoms with van der Waals surface area (Å²) in [5.74, 6) is 2.63. The second-order valence-corrected chi connectivity index (χ2v) is 4.66. The molecule has 0 saturated carbocycles. The van der Waals surface area contributed by atoms with Crippen LogP contribution in [0.1, 0.15) is 5.56 Å². The Kier molecular flexibility index (Phi) is 3.10. The molecule has 0 saturated heterocycles. The zero-order valence-corrected chi connectivity index (χ0v) is 11.2. The van der Waals surface area contributed by atoms with Gasteiger partial charge in [0.2, 0.25) is 0 Å². The van der Waals surface area contributed by atoms with Crippen molar-refractivity contribution in [2.45, 2.75) is 0 Å². The van der Waals surface area contributed by atoms with Crippen LogP contribution < -0.4 is 0 Å². The van der Waals surface area contributed by atoms with Gasteiger partial charge < -0.3 is 0 Å². The summed E-state index contributed by atoms with van der Waals surface area (Å²) in [6, 6.07) is 18.4. The van der Waals surface area contributed by atoms with Gasteiger partial charge in [-0.15, -0.1) is 6.42 Å². The Morgan fingerprint density at radius 1 is 0.950 bits per heavy atom. The summed E-state index contributed by atoms with van der Waals surface area (Å²) in [6.07, 6.45) is 7.25. The van der Waals surface area contributed by atoms with Gasteiger partial charge in [-0.3, -0.25) is 4.68 Å². The molecular weight excluding hydrogens is 244 g/mol. The molecule has 2 aromatic rings. The summed E-state index contributed by atoms with van der Waals surface area (Å²) in [5, 5.41) is 4.33. The van der Waals surface area contributed by atoms with E-state index in [2.05, 4.69) is 35.3 Å². The molecule has 0 fully saturated rings. The van der Waals surface area contributed by atoms with Crippen molar-refractivity contribution in [1.29, 1.82) is 0 Å². The molecule has 0 atom stereocenters. The Hall–Kier alpha value is -2.79. The molecule has 0 radical (unpaired) electrons. The first-order valence-electron chi connectivity index (χ1n) is 6.44. The van der Waals surface area contributed by atoms with E-state index in [0.717, 1.165) is 16.8 Å². The van der Waals surface area contributed by atoms with E-state index in [1.54, 1.807) is 4.68 Å². The minimum absolute atomic E-state index is 0.832. The molecule has 1 aromatic carbocycles. The van der Waals surface area contributed by atoms with Gasteiger partial charge >= 0.3 is 0 Å². The summed E-state index contributed by atoms with van der Waals surface area (Å²) in [7, 11) is 1.87. The predicted octanol–water partition coefficient (Wildman–Crippen LogP) is 3.74. The van der Waals surface area contributed by atoms with Gasteiger partial charge in [-0.25, -0.2) is 0 Å². The highest BCUT2D eigenvalue weighted by Crippen LogP contribution is 2.32. The van der Waals surface area contributed by atoms with Crippen LogP contribution in [-0.2, 0) is 7.05 Å². The van der Waals surface area contributed by atoms with Crippen molar-refractivity contribution < 1.29 is 0 Å². The van der Waals surface area contributed by atoms with Crippen LogP contribution in [0, 0.1) is 12.3 Å². The molecule has 0 unspecified atom stereocenters. The van der Waals surface area contributed by atoms with Crippen molar-refractivity contribution in [1.82, 2.24) is 9.78 Å². The Labute approximate surface area is 118 Å².